The van der Waals surface area contributed by atoms with Crippen molar-refractivity contribution in [3.63, 3.8) is 0 Å². The summed E-state index contributed by atoms with van der Waals surface area (Å²) in [5, 5.41) is 16.1. The third-order valence-electron chi connectivity index (χ3n) is 5.08. The van der Waals surface area contributed by atoms with E-state index in [0.29, 0.717) is 13.2 Å². The third-order valence-corrected chi connectivity index (χ3v) is 5.08. The second-order valence-electron chi connectivity index (χ2n) is 7.70. The van der Waals surface area contributed by atoms with Crippen LogP contribution in [0, 0.1) is 5.41 Å². The summed E-state index contributed by atoms with van der Waals surface area (Å²) in [5.41, 5.74) is 1.16. The predicted octanol–water partition coefficient (Wildman–Crippen LogP) is 2.09. The molecular formula is C21H37IN4O3. The monoisotopic (exact) mass is 520 g/mol. The molecule has 0 aliphatic carbocycles. The summed E-state index contributed by atoms with van der Waals surface area (Å²) < 4.78 is 11.3. The molecule has 1 aromatic carbocycles. The molecule has 8 heteroatoms. The molecule has 29 heavy (non-hydrogen) atoms. The highest BCUT2D eigenvalue weighted by molar-refractivity contribution is 14.0. The minimum atomic E-state index is -0.00204. The molecule has 1 fully saturated rings. The Hall–Kier alpha value is -1.10. The van der Waals surface area contributed by atoms with Gasteiger partial charge in [-0.15, -0.1) is 24.0 Å². The van der Waals surface area contributed by atoms with Crippen LogP contribution in [-0.2, 0) is 11.3 Å². The average Bonchev–Trinajstić information content (AvgIpc) is 3.15. The Bertz CT molecular complexity index is 590. The van der Waals surface area contributed by atoms with Crippen molar-refractivity contribution in [2.75, 3.05) is 60.7 Å². The lowest BCUT2D eigenvalue weighted by Crippen LogP contribution is -2.44. The number of hydrogen-bond donors (Lipinski definition) is 3. The van der Waals surface area contributed by atoms with Crippen molar-refractivity contribution in [2.45, 2.75) is 25.8 Å². The van der Waals surface area contributed by atoms with Gasteiger partial charge in [-0.2, -0.15) is 0 Å². The number of aliphatic hydroxyl groups excluding tert-OH is 1. The lowest BCUT2D eigenvalue weighted by molar-refractivity contribution is 0.127. The Morgan fingerprint density at radius 2 is 2.03 bits per heavy atom. The van der Waals surface area contributed by atoms with Crippen molar-refractivity contribution in [2.24, 2.45) is 10.4 Å². The van der Waals surface area contributed by atoms with Gasteiger partial charge in [-0.3, -0.25) is 4.99 Å². The van der Waals surface area contributed by atoms with Crippen LogP contribution in [0.4, 0.5) is 0 Å². The van der Waals surface area contributed by atoms with Crippen LogP contribution >= 0.6 is 24.0 Å². The van der Waals surface area contributed by atoms with E-state index in [1.807, 2.05) is 12.1 Å². The van der Waals surface area contributed by atoms with Gasteiger partial charge in [0.05, 0.1) is 13.2 Å². The third kappa shape index (κ3) is 9.50. The molecule has 1 unspecified atom stereocenters. The molecule has 1 aromatic rings. The number of nitrogens with one attached hydrogen (secondary N) is 2. The second-order valence-corrected chi connectivity index (χ2v) is 7.70. The van der Waals surface area contributed by atoms with Gasteiger partial charge in [0.1, 0.15) is 5.75 Å². The van der Waals surface area contributed by atoms with Crippen LogP contribution in [0.5, 0.6) is 5.75 Å². The lowest BCUT2D eigenvalue weighted by atomic mass is 9.84. The highest BCUT2D eigenvalue weighted by atomic mass is 127. The Morgan fingerprint density at radius 1 is 1.28 bits per heavy atom. The maximum atomic E-state index is 9.34. The molecule has 0 bridgehead atoms. The Balaban J connectivity index is 0.00000420. The van der Waals surface area contributed by atoms with Gasteiger partial charge in [-0.1, -0.05) is 12.1 Å². The molecule has 0 amide bonds. The van der Waals surface area contributed by atoms with Crippen molar-refractivity contribution < 1.29 is 14.6 Å². The summed E-state index contributed by atoms with van der Waals surface area (Å²) in [4.78, 5) is 6.46. The van der Waals surface area contributed by atoms with Crippen molar-refractivity contribution in [3.05, 3.63) is 29.8 Å². The zero-order valence-corrected chi connectivity index (χ0v) is 20.3. The van der Waals surface area contributed by atoms with E-state index in [-0.39, 0.29) is 36.0 Å². The number of benzene rings is 1. The van der Waals surface area contributed by atoms with Gasteiger partial charge in [0, 0.05) is 45.3 Å². The molecule has 166 valence electrons. The lowest BCUT2D eigenvalue weighted by Gasteiger charge is -2.27. The first kappa shape index (κ1) is 25.9. The van der Waals surface area contributed by atoms with Crippen molar-refractivity contribution in [1.29, 1.82) is 0 Å². The molecule has 1 aliphatic heterocycles. The van der Waals surface area contributed by atoms with Crippen molar-refractivity contribution in [1.82, 2.24) is 15.5 Å². The molecule has 0 aromatic heterocycles. The van der Waals surface area contributed by atoms with Gasteiger partial charge in [0.2, 0.25) is 0 Å². The first-order valence-corrected chi connectivity index (χ1v) is 10.1. The number of rotatable bonds is 11. The molecule has 1 heterocycles. The fourth-order valence-corrected chi connectivity index (χ4v) is 3.26. The van der Waals surface area contributed by atoms with Crippen LogP contribution in [0.1, 0.15) is 24.8 Å². The molecule has 0 radical (unpaired) electrons. The highest BCUT2D eigenvalue weighted by Gasteiger charge is 2.34. The summed E-state index contributed by atoms with van der Waals surface area (Å²) in [7, 11) is 5.90. The second kappa shape index (κ2) is 14.0. The smallest absolute Gasteiger partial charge is 0.191 e. The van der Waals surface area contributed by atoms with Gasteiger partial charge in [0.15, 0.2) is 5.96 Å². The Labute approximate surface area is 192 Å². The van der Waals surface area contributed by atoms with Crippen LogP contribution in [0.3, 0.4) is 0 Å². The van der Waals surface area contributed by atoms with Gasteiger partial charge < -0.3 is 30.1 Å². The quantitative estimate of drug-likeness (QED) is 0.180. The molecule has 1 saturated heterocycles. The van der Waals surface area contributed by atoms with Gasteiger partial charge in [-0.05, 0) is 51.1 Å². The maximum absolute atomic E-state index is 9.34. The molecule has 3 N–H and O–H groups in total. The first-order chi connectivity index (χ1) is 13.6. The number of hydrogen-bond acceptors (Lipinski definition) is 5. The Morgan fingerprint density at radius 3 is 2.62 bits per heavy atom. The van der Waals surface area contributed by atoms with E-state index in [9.17, 15) is 5.11 Å². The number of nitrogens with zero attached hydrogens (tertiary/aromatic N) is 2. The standard InChI is InChI=1S/C21H36N4O3.HI/c1-22-20(24-16-21(9-12-26)10-14-27-17-21)23-15-18-5-7-19(8-6-18)28-13-4-11-25(2)3;/h5-8,26H,4,9-17H2,1-3H3,(H2,22,23,24);1H. The van der Waals surface area contributed by atoms with Crippen LogP contribution in [0.25, 0.3) is 0 Å². The molecule has 0 spiro atoms. The minimum absolute atomic E-state index is 0. The van der Waals surface area contributed by atoms with E-state index in [1.54, 1.807) is 7.05 Å². The molecule has 1 aliphatic rings. The SMILES string of the molecule is CN=C(NCc1ccc(OCCCN(C)C)cc1)NCC1(CCO)CCOC1.I. The fourth-order valence-electron chi connectivity index (χ4n) is 3.26. The normalized spacial score (nSPS) is 19.1. The number of guanidine groups is 1. The largest absolute Gasteiger partial charge is 0.494 e. The van der Waals surface area contributed by atoms with Gasteiger partial charge in [0.25, 0.3) is 0 Å². The zero-order valence-electron chi connectivity index (χ0n) is 17.9. The predicted molar refractivity (Wildman–Crippen MR) is 128 cm³/mol. The van der Waals surface area contributed by atoms with Gasteiger partial charge >= 0.3 is 0 Å². The molecule has 7 nitrogen and oxygen atoms in total. The van der Waals surface area contributed by atoms with E-state index in [4.69, 9.17) is 9.47 Å². The minimum Gasteiger partial charge on any atom is -0.494 e. The molecular weight excluding hydrogens is 483 g/mol. The summed E-state index contributed by atoms with van der Waals surface area (Å²) in [6.07, 6.45) is 2.72. The summed E-state index contributed by atoms with van der Waals surface area (Å²) in [6, 6.07) is 8.16. The molecule has 2 rings (SSSR count). The Kier molecular flexibility index (Phi) is 12.5. The van der Waals surface area contributed by atoms with Crippen LogP contribution < -0.4 is 15.4 Å². The molecule has 1 atom stereocenters. The summed E-state index contributed by atoms with van der Waals surface area (Å²) in [5.74, 6) is 1.66. The fraction of sp³-hybridized carbons (Fsp3) is 0.667. The average molecular weight is 520 g/mol. The highest BCUT2D eigenvalue weighted by Crippen LogP contribution is 2.31. The van der Waals surface area contributed by atoms with Crippen LogP contribution in [0.15, 0.2) is 29.3 Å². The zero-order chi connectivity index (χ0) is 20.2. The topological polar surface area (TPSA) is 78.4 Å². The van der Waals surface area contributed by atoms with E-state index in [1.165, 1.54) is 0 Å². The van der Waals surface area contributed by atoms with Crippen molar-refractivity contribution in [3.8, 4) is 5.75 Å². The number of aliphatic hydroxyl groups is 1. The summed E-state index contributed by atoms with van der Waals surface area (Å²) >= 11 is 0. The van der Waals surface area contributed by atoms with Crippen LogP contribution in [-0.4, -0.2) is 76.6 Å². The van der Waals surface area contributed by atoms with E-state index < -0.39 is 0 Å². The van der Waals surface area contributed by atoms with Crippen molar-refractivity contribution >= 4 is 29.9 Å². The first-order valence-electron chi connectivity index (χ1n) is 10.1. The maximum Gasteiger partial charge on any atom is 0.191 e. The van der Waals surface area contributed by atoms with E-state index in [0.717, 1.165) is 62.8 Å². The van der Waals surface area contributed by atoms with E-state index in [2.05, 4.69) is 46.8 Å². The van der Waals surface area contributed by atoms with E-state index >= 15 is 0 Å². The molecule has 0 saturated carbocycles. The van der Waals surface area contributed by atoms with Gasteiger partial charge in [-0.25, -0.2) is 0 Å². The number of halogens is 1. The number of ether oxygens (including phenoxy) is 2. The number of aliphatic imine (C=N–C) groups is 1. The van der Waals surface area contributed by atoms with Crippen LogP contribution in [0.2, 0.25) is 0 Å². The summed E-state index contributed by atoms with van der Waals surface area (Å²) in [6.45, 7) is 4.81.